The minimum Gasteiger partial charge on any atom is -0.310 e. The van der Waals surface area contributed by atoms with Crippen molar-refractivity contribution in [2.45, 2.75) is 31.8 Å². The van der Waals surface area contributed by atoms with Crippen LogP contribution < -0.4 is 10.6 Å². The Balaban J connectivity index is 2.24. The third-order valence-electron chi connectivity index (χ3n) is 2.13. The molecule has 1 aliphatic rings. The fourth-order valence-electron chi connectivity index (χ4n) is 1.55. The summed E-state index contributed by atoms with van der Waals surface area (Å²) >= 11 is 0. The Labute approximate surface area is 69.1 Å². The Kier molecular flexibility index (Phi) is 2.68. The van der Waals surface area contributed by atoms with Crippen LogP contribution >= 0.6 is 0 Å². The zero-order chi connectivity index (χ0) is 8.32. The minimum atomic E-state index is 0.318. The fraction of sp³-hybridized carbons (Fsp3) is 0.778. The summed E-state index contributed by atoms with van der Waals surface area (Å²) in [5.41, 5.74) is 0.318. The fourth-order valence-corrected chi connectivity index (χ4v) is 1.55. The van der Waals surface area contributed by atoms with Gasteiger partial charge in [0.15, 0.2) is 0 Å². The average Bonchev–Trinajstić information content (AvgIpc) is 2.26. The van der Waals surface area contributed by atoms with Gasteiger partial charge in [-0.2, -0.15) is 0 Å². The first kappa shape index (κ1) is 8.75. The molecule has 1 rings (SSSR count). The molecule has 64 valence electrons. The largest absolute Gasteiger partial charge is 0.310 e. The van der Waals surface area contributed by atoms with Gasteiger partial charge in [0, 0.05) is 24.7 Å². The monoisotopic (exact) mass is 154 g/mol. The minimum absolute atomic E-state index is 0.318. The molecule has 2 nitrogen and oxygen atoms in total. The summed E-state index contributed by atoms with van der Waals surface area (Å²) in [4.78, 5) is 0. The Morgan fingerprint density at radius 3 is 2.91 bits per heavy atom. The van der Waals surface area contributed by atoms with Crippen LogP contribution in [0.15, 0.2) is 12.7 Å². The molecule has 0 amide bonds. The molecular formula is C9H18N2. The van der Waals surface area contributed by atoms with E-state index in [0.717, 1.165) is 13.1 Å². The molecule has 2 heteroatoms. The van der Waals surface area contributed by atoms with Crippen molar-refractivity contribution >= 4 is 0 Å². The molecule has 0 spiro atoms. The van der Waals surface area contributed by atoms with Crippen LogP contribution in [0.3, 0.4) is 0 Å². The van der Waals surface area contributed by atoms with Crippen molar-refractivity contribution < 1.29 is 0 Å². The molecule has 0 aliphatic carbocycles. The normalized spacial score (nSPS) is 28.7. The zero-order valence-electron chi connectivity index (χ0n) is 7.48. The lowest BCUT2D eigenvalue weighted by Gasteiger charge is -2.17. The summed E-state index contributed by atoms with van der Waals surface area (Å²) in [5, 5.41) is 6.86. The molecule has 0 bridgehead atoms. The van der Waals surface area contributed by atoms with Crippen molar-refractivity contribution in [3.8, 4) is 0 Å². The van der Waals surface area contributed by atoms with Crippen LogP contribution in [0.2, 0.25) is 0 Å². The highest BCUT2D eigenvalue weighted by atomic mass is 15.1. The van der Waals surface area contributed by atoms with Crippen LogP contribution in [-0.2, 0) is 0 Å². The summed E-state index contributed by atoms with van der Waals surface area (Å²) in [5.74, 6) is 0. The van der Waals surface area contributed by atoms with E-state index in [9.17, 15) is 0 Å². The summed E-state index contributed by atoms with van der Waals surface area (Å²) in [6.45, 7) is 10.2. The first-order chi connectivity index (χ1) is 5.14. The lowest BCUT2D eigenvalue weighted by molar-refractivity contribution is 0.446. The van der Waals surface area contributed by atoms with Crippen molar-refractivity contribution in [1.29, 1.82) is 0 Å². The summed E-state index contributed by atoms with van der Waals surface area (Å²) in [6, 6.07) is 0.628. The van der Waals surface area contributed by atoms with Gasteiger partial charge in [0.25, 0.3) is 0 Å². The Morgan fingerprint density at radius 1 is 1.73 bits per heavy atom. The van der Waals surface area contributed by atoms with E-state index in [-0.39, 0.29) is 0 Å². The number of hydrogen-bond donors (Lipinski definition) is 2. The molecule has 11 heavy (non-hydrogen) atoms. The van der Waals surface area contributed by atoms with E-state index in [1.807, 2.05) is 6.08 Å². The maximum absolute atomic E-state index is 3.68. The highest BCUT2D eigenvalue weighted by Crippen LogP contribution is 2.17. The maximum atomic E-state index is 3.68. The summed E-state index contributed by atoms with van der Waals surface area (Å²) in [6.07, 6.45) is 3.12. The van der Waals surface area contributed by atoms with Crippen molar-refractivity contribution in [2.75, 3.05) is 13.1 Å². The molecule has 1 unspecified atom stereocenters. The molecule has 1 atom stereocenters. The van der Waals surface area contributed by atoms with E-state index in [2.05, 4.69) is 31.1 Å². The van der Waals surface area contributed by atoms with E-state index >= 15 is 0 Å². The quantitative estimate of drug-likeness (QED) is 0.590. The molecule has 0 aromatic carbocycles. The summed E-state index contributed by atoms with van der Waals surface area (Å²) < 4.78 is 0. The molecule has 1 fully saturated rings. The predicted octanol–water partition coefficient (Wildman–Crippen LogP) is 0.902. The molecule has 1 heterocycles. The second-order valence-electron chi connectivity index (χ2n) is 3.86. The van der Waals surface area contributed by atoms with Gasteiger partial charge in [0.1, 0.15) is 0 Å². The predicted molar refractivity (Wildman–Crippen MR) is 48.7 cm³/mol. The molecule has 2 N–H and O–H groups in total. The lowest BCUT2D eigenvalue weighted by atomic mass is 10.0. The van der Waals surface area contributed by atoms with Crippen LogP contribution in [0, 0.1) is 0 Å². The zero-order valence-corrected chi connectivity index (χ0v) is 7.48. The van der Waals surface area contributed by atoms with Gasteiger partial charge < -0.3 is 10.6 Å². The SMILES string of the molecule is C=CCNC1CNC(C)(C)C1. The first-order valence-corrected chi connectivity index (χ1v) is 4.23. The van der Waals surface area contributed by atoms with Gasteiger partial charge >= 0.3 is 0 Å². The van der Waals surface area contributed by atoms with Crippen molar-refractivity contribution in [3.05, 3.63) is 12.7 Å². The van der Waals surface area contributed by atoms with Crippen LogP contribution in [0.1, 0.15) is 20.3 Å². The van der Waals surface area contributed by atoms with Gasteiger partial charge in [0.05, 0.1) is 0 Å². The third kappa shape index (κ3) is 2.64. The van der Waals surface area contributed by atoms with Gasteiger partial charge in [-0.25, -0.2) is 0 Å². The highest BCUT2D eigenvalue weighted by molar-refractivity contribution is 4.93. The van der Waals surface area contributed by atoms with E-state index in [4.69, 9.17) is 0 Å². The van der Waals surface area contributed by atoms with Crippen molar-refractivity contribution in [1.82, 2.24) is 10.6 Å². The highest BCUT2D eigenvalue weighted by Gasteiger charge is 2.29. The van der Waals surface area contributed by atoms with E-state index in [0.29, 0.717) is 11.6 Å². The summed E-state index contributed by atoms with van der Waals surface area (Å²) in [7, 11) is 0. The average molecular weight is 154 g/mol. The maximum Gasteiger partial charge on any atom is 0.0212 e. The van der Waals surface area contributed by atoms with E-state index in [1.54, 1.807) is 0 Å². The molecule has 0 radical (unpaired) electrons. The lowest BCUT2D eigenvalue weighted by Crippen LogP contribution is -2.31. The number of hydrogen-bond acceptors (Lipinski definition) is 2. The van der Waals surface area contributed by atoms with Crippen molar-refractivity contribution in [2.24, 2.45) is 0 Å². The van der Waals surface area contributed by atoms with Crippen molar-refractivity contribution in [3.63, 3.8) is 0 Å². The van der Waals surface area contributed by atoms with Crippen LogP contribution in [-0.4, -0.2) is 24.7 Å². The molecule has 0 aromatic rings. The van der Waals surface area contributed by atoms with E-state index in [1.165, 1.54) is 6.42 Å². The molecule has 0 aromatic heterocycles. The second-order valence-corrected chi connectivity index (χ2v) is 3.86. The topological polar surface area (TPSA) is 24.1 Å². The van der Waals surface area contributed by atoms with Gasteiger partial charge in [-0.3, -0.25) is 0 Å². The first-order valence-electron chi connectivity index (χ1n) is 4.23. The molecular weight excluding hydrogens is 136 g/mol. The number of rotatable bonds is 3. The smallest absolute Gasteiger partial charge is 0.0212 e. The van der Waals surface area contributed by atoms with Gasteiger partial charge in [-0.15, -0.1) is 6.58 Å². The van der Waals surface area contributed by atoms with Gasteiger partial charge in [-0.05, 0) is 20.3 Å². The van der Waals surface area contributed by atoms with Crippen LogP contribution in [0.4, 0.5) is 0 Å². The Morgan fingerprint density at radius 2 is 2.45 bits per heavy atom. The van der Waals surface area contributed by atoms with Crippen LogP contribution in [0.25, 0.3) is 0 Å². The number of nitrogens with one attached hydrogen (secondary N) is 2. The standard InChI is InChI=1S/C9H18N2/c1-4-5-10-8-6-9(2,3)11-7-8/h4,8,10-11H,1,5-7H2,2-3H3. The molecule has 1 saturated heterocycles. The van der Waals surface area contributed by atoms with Gasteiger partial charge in [0.2, 0.25) is 0 Å². The molecule has 1 aliphatic heterocycles. The Bertz CT molecular complexity index is 140. The van der Waals surface area contributed by atoms with E-state index < -0.39 is 0 Å². The second kappa shape index (κ2) is 3.37. The van der Waals surface area contributed by atoms with Crippen LogP contribution in [0.5, 0.6) is 0 Å². The third-order valence-corrected chi connectivity index (χ3v) is 2.13. The van der Waals surface area contributed by atoms with Gasteiger partial charge in [-0.1, -0.05) is 6.08 Å². The Hall–Kier alpha value is -0.340. The molecule has 0 saturated carbocycles.